The summed E-state index contributed by atoms with van der Waals surface area (Å²) in [6, 6.07) is 9.13. The third kappa shape index (κ3) is 4.05. The van der Waals surface area contributed by atoms with Crippen molar-refractivity contribution in [1.82, 2.24) is 5.32 Å². The molecule has 1 atom stereocenters. The molecule has 1 aromatic heterocycles. The molecule has 0 aliphatic heterocycles. The highest BCUT2D eigenvalue weighted by Crippen LogP contribution is 2.27. The lowest BCUT2D eigenvalue weighted by molar-refractivity contribution is -0.119. The van der Waals surface area contributed by atoms with Crippen LogP contribution in [0.3, 0.4) is 0 Å². The molecule has 0 fully saturated rings. The van der Waals surface area contributed by atoms with Gasteiger partial charge in [-0.15, -0.1) is 11.8 Å². The number of carbonyl (C=O) groups excluding carboxylic acids is 1. The van der Waals surface area contributed by atoms with Gasteiger partial charge >= 0.3 is 0 Å². The molecule has 20 heavy (non-hydrogen) atoms. The van der Waals surface area contributed by atoms with E-state index in [1.165, 1.54) is 11.8 Å². The lowest BCUT2D eigenvalue weighted by atomic mass is 10.2. The zero-order chi connectivity index (χ0) is 14.5. The first-order valence-electron chi connectivity index (χ1n) is 6.07. The minimum atomic E-state index is -0.139. The topological polar surface area (TPSA) is 68.3 Å². The molecule has 4 nitrogen and oxygen atoms in total. The van der Waals surface area contributed by atoms with Crippen LogP contribution in [0.25, 0.3) is 0 Å². The van der Waals surface area contributed by atoms with Crippen LogP contribution in [0.15, 0.2) is 50.4 Å². The minimum absolute atomic E-state index is 0.0544. The molecule has 0 saturated heterocycles. The van der Waals surface area contributed by atoms with Gasteiger partial charge in [-0.1, -0.05) is 15.9 Å². The summed E-state index contributed by atoms with van der Waals surface area (Å²) < 4.78 is 6.17. The van der Waals surface area contributed by atoms with Gasteiger partial charge in [0, 0.05) is 15.1 Å². The first-order chi connectivity index (χ1) is 9.56. The Labute approximate surface area is 130 Å². The fourth-order valence-corrected chi connectivity index (χ4v) is 2.82. The molecule has 106 valence electrons. The lowest BCUT2D eigenvalue weighted by Crippen LogP contribution is -2.27. The number of carbonyl (C=O) groups is 1. The van der Waals surface area contributed by atoms with Crippen LogP contribution in [0.2, 0.25) is 0 Å². The zero-order valence-corrected chi connectivity index (χ0v) is 13.3. The van der Waals surface area contributed by atoms with E-state index >= 15 is 0 Å². The van der Waals surface area contributed by atoms with Gasteiger partial charge in [-0.05, 0) is 37.3 Å². The number of nitrogens with one attached hydrogen (secondary N) is 1. The van der Waals surface area contributed by atoms with E-state index in [4.69, 9.17) is 10.2 Å². The van der Waals surface area contributed by atoms with Gasteiger partial charge in [0.05, 0.1) is 18.1 Å². The van der Waals surface area contributed by atoms with Crippen molar-refractivity contribution >= 4 is 39.3 Å². The van der Waals surface area contributed by atoms with Crippen LogP contribution in [0.1, 0.15) is 18.7 Å². The van der Waals surface area contributed by atoms with Crippen LogP contribution in [-0.4, -0.2) is 11.7 Å². The van der Waals surface area contributed by atoms with Crippen LogP contribution in [-0.2, 0) is 4.79 Å². The summed E-state index contributed by atoms with van der Waals surface area (Å²) in [6.45, 7) is 1.88. The standard InChI is InChI=1S/C14H15BrN2O2S/c1-9(12-3-2-6-19-12)17-14(18)8-20-13-5-4-10(15)7-11(13)16/h2-7,9H,8,16H2,1H3,(H,17,18). The number of nitrogens with two attached hydrogens (primary N) is 1. The second-order valence-electron chi connectivity index (χ2n) is 4.28. The predicted octanol–water partition coefficient (Wildman–Crippen LogP) is 3.59. The highest BCUT2D eigenvalue weighted by Gasteiger charge is 2.12. The summed E-state index contributed by atoms with van der Waals surface area (Å²) in [5.74, 6) is 1.00. The van der Waals surface area contributed by atoms with E-state index in [1.807, 2.05) is 31.2 Å². The molecule has 1 heterocycles. The normalized spacial score (nSPS) is 12.1. The fraction of sp³-hybridized carbons (Fsp3) is 0.214. The third-order valence-electron chi connectivity index (χ3n) is 2.68. The molecule has 6 heteroatoms. The number of amides is 1. The molecular weight excluding hydrogens is 340 g/mol. The van der Waals surface area contributed by atoms with Crippen LogP contribution >= 0.6 is 27.7 Å². The minimum Gasteiger partial charge on any atom is -0.467 e. The second kappa shape index (κ2) is 6.85. The van der Waals surface area contributed by atoms with Gasteiger partial charge < -0.3 is 15.5 Å². The van der Waals surface area contributed by atoms with E-state index in [9.17, 15) is 4.79 Å². The van der Waals surface area contributed by atoms with Crippen molar-refractivity contribution in [2.75, 3.05) is 11.5 Å². The van der Waals surface area contributed by atoms with Crippen LogP contribution in [0.5, 0.6) is 0 Å². The van der Waals surface area contributed by atoms with Crippen molar-refractivity contribution < 1.29 is 9.21 Å². The Hall–Kier alpha value is -1.40. The van der Waals surface area contributed by atoms with Crippen molar-refractivity contribution in [1.29, 1.82) is 0 Å². The smallest absolute Gasteiger partial charge is 0.230 e. The van der Waals surface area contributed by atoms with E-state index in [0.29, 0.717) is 11.4 Å². The Morgan fingerprint density at radius 2 is 2.30 bits per heavy atom. The predicted molar refractivity (Wildman–Crippen MR) is 84.5 cm³/mol. The second-order valence-corrected chi connectivity index (χ2v) is 6.21. The van der Waals surface area contributed by atoms with E-state index < -0.39 is 0 Å². The van der Waals surface area contributed by atoms with Crippen molar-refractivity contribution in [2.24, 2.45) is 0 Å². The summed E-state index contributed by atoms with van der Waals surface area (Å²) >= 11 is 4.77. The molecule has 0 saturated carbocycles. The van der Waals surface area contributed by atoms with Crippen molar-refractivity contribution in [3.8, 4) is 0 Å². The van der Waals surface area contributed by atoms with Gasteiger partial charge in [-0.2, -0.15) is 0 Å². The summed E-state index contributed by atoms with van der Waals surface area (Å²) in [5, 5.41) is 2.88. The van der Waals surface area contributed by atoms with Crippen LogP contribution in [0, 0.1) is 0 Å². The SMILES string of the molecule is CC(NC(=O)CSc1ccc(Br)cc1N)c1ccco1. The Morgan fingerprint density at radius 1 is 1.50 bits per heavy atom. The lowest BCUT2D eigenvalue weighted by Gasteiger charge is -2.11. The van der Waals surface area contributed by atoms with Gasteiger partial charge in [0.25, 0.3) is 0 Å². The highest BCUT2D eigenvalue weighted by atomic mass is 79.9. The molecule has 0 spiro atoms. The largest absolute Gasteiger partial charge is 0.467 e. The first kappa shape index (κ1) is 15.0. The molecule has 1 amide bonds. The number of hydrogen-bond acceptors (Lipinski definition) is 4. The molecular formula is C14H15BrN2O2S. The maximum Gasteiger partial charge on any atom is 0.230 e. The third-order valence-corrected chi connectivity index (χ3v) is 4.26. The molecule has 0 aliphatic rings. The average molecular weight is 355 g/mol. The molecule has 2 rings (SSSR count). The first-order valence-corrected chi connectivity index (χ1v) is 7.84. The molecule has 0 bridgehead atoms. The maximum absolute atomic E-state index is 11.9. The highest BCUT2D eigenvalue weighted by molar-refractivity contribution is 9.10. The number of benzene rings is 1. The van der Waals surface area contributed by atoms with Gasteiger partial charge in [0.1, 0.15) is 5.76 Å². The average Bonchev–Trinajstić information content (AvgIpc) is 2.91. The quantitative estimate of drug-likeness (QED) is 0.635. The Balaban J connectivity index is 1.86. The number of thioether (sulfide) groups is 1. The molecule has 0 radical (unpaired) electrons. The van der Waals surface area contributed by atoms with E-state index in [2.05, 4.69) is 21.2 Å². The summed E-state index contributed by atoms with van der Waals surface area (Å²) in [6.07, 6.45) is 1.59. The Kier molecular flexibility index (Phi) is 5.14. The van der Waals surface area contributed by atoms with Gasteiger partial charge in [0.15, 0.2) is 0 Å². The summed E-state index contributed by atoms with van der Waals surface area (Å²) in [7, 11) is 0. The van der Waals surface area contributed by atoms with Crippen LogP contribution < -0.4 is 11.1 Å². The molecule has 0 aliphatic carbocycles. The number of anilines is 1. The molecule has 1 unspecified atom stereocenters. The zero-order valence-electron chi connectivity index (χ0n) is 10.9. The molecule has 3 N–H and O–H groups in total. The number of nitrogen functional groups attached to an aromatic ring is 1. The fourth-order valence-electron chi connectivity index (χ4n) is 1.69. The van der Waals surface area contributed by atoms with E-state index in [-0.39, 0.29) is 11.9 Å². The van der Waals surface area contributed by atoms with E-state index in [0.717, 1.165) is 15.1 Å². The monoisotopic (exact) mass is 354 g/mol. The maximum atomic E-state index is 11.9. The summed E-state index contributed by atoms with van der Waals surface area (Å²) in [4.78, 5) is 12.8. The van der Waals surface area contributed by atoms with Gasteiger partial charge in [0.2, 0.25) is 5.91 Å². The Morgan fingerprint density at radius 3 is 2.95 bits per heavy atom. The van der Waals surface area contributed by atoms with Gasteiger partial charge in [-0.25, -0.2) is 0 Å². The molecule has 2 aromatic rings. The molecule has 1 aromatic carbocycles. The van der Waals surface area contributed by atoms with Crippen LogP contribution in [0.4, 0.5) is 5.69 Å². The Bertz CT molecular complexity index is 587. The number of hydrogen-bond donors (Lipinski definition) is 2. The van der Waals surface area contributed by atoms with Crippen molar-refractivity contribution in [2.45, 2.75) is 17.9 Å². The van der Waals surface area contributed by atoms with Crippen molar-refractivity contribution in [3.05, 3.63) is 46.8 Å². The van der Waals surface area contributed by atoms with Gasteiger partial charge in [-0.3, -0.25) is 4.79 Å². The number of furan rings is 1. The van der Waals surface area contributed by atoms with E-state index in [1.54, 1.807) is 12.3 Å². The number of rotatable bonds is 5. The summed E-state index contributed by atoms with van der Waals surface area (Å²) in [5.41, 5.74) is 6.55. The number of halogens is 1. The van der Waals surface area contributed by atoms with Crippen molar-refractivity contribution in [3.63, 3.8) is 0 Å².